The van der Waals surface area contributed by atoms with E-state index in [1.165, 1.54) is 0 Å². The van der Waals surface area contributed by atoms with E-state index < -0.39 is 0 Å². The molecule has 0 radical (unpaired) electrons. The van der Waals surface area contributed by atoms with Crippen molar-refractivity contribution in [1.82, 2.24) is 14.9 Å². The zero-order valence-corrected chi connectivity index (χ0v) is 13.8. The lowest BCUT2D eigenvalue weighted by Gasteiger charge is -2.13. The lowest BCUT2D eigenvalue weighted by molar-refractivity contribution is 0.560. The summed E-state index contributed by atoms with van der Waals surface area (Å²) >= 11 is 7.50. The smallest absolute Gasteiger partial charge is 0.266 e. The van der Waals surface area contributed by atoms with Crippen LogP contribution >= 0.6 is 23.4 Å². The number of furan rings is 1. The number of hydrogen-bond donors (Lipinski definition) is 1. The third-order valence-corrected chi connectivity index (χ3v) is 4.43. The molecule has 0 atom stereocenters. The van der Waals surface area contributed by atoms with E-state index in [2.05, 4.69) is 25.8 Å². The molecule has 9 heteroatoms. The summed E-state index contributed by atoms with van der Waals surface area (Å²) in [5.74, 6) is 1.79. The highest BCUT2D eigenvalue weighted by atomic mass is 35.5. The predicted octanol–water partition coefficient (Wildman–Crippen LogP) is 3.33. The van der Waals surface area contributed by atoms with Crippen LogP contribution in [0.5, 0.6) is 0 Å². The summed E-state index contributed by atoms with van der Waals surface area (Å²) < 4.78 is 6.81. The first-order valence-electron chi connectivity index (χ1n) is 7.04. The van der Waals surface area contributed by atoms with Gasteiger partial charge in [0, 0.05) is 10.8 Å². The van der Waals surface area contributed by atoms with Crippen molar-refractivity contribution < 1.29 is 4.42 Å². The van der Waals surface area contributed by atoms with Gasteiger partial charge in [-0.15, -0.1) is 10.2 Å². The number of halogens is 1. The maximum atomic E-state index is 5.94. The summed E-state index contributed by atoms with van der Waals surface area (Å²) in [6, 6.07) is 11.2. The molecule has 0 amide bonds. The van der Waals surface area contributed by atoms with Gasteiger partial charge < -0.3 is 4.42 Å². The first-order valence-corrected chi connectivity index (χ1v) is 8.40. The fourth-order valence-electron chi connectivity index (χ4n) is 2.10. The molecule has 0 saturated carbocycles. The Labute approximate surface area is 146 Å². The summed E-state index contributed by atoms with van der Waals surface area (Å²) in [6.45, 7) is 0. The molecule has 4 rings (SSSR count). The molecule has 1 aliphatic heterocycles. The number of hydrazone groups is 1. The highest BCUT2D eigenvalue weighted by molar-refractivity contribution is 7.99. The van der Waals surface area contributed by atoms with Gasteiger partial charge in [-0.05, 0) is 29.8 Å². The Balaban J connectivity index is 1.58. The van der Waals surface area contributed by atoms with Crippen LogP contribution in [0.25, 0.3) is 0 Å². The summed E-state index contributed by atoms with van der Waals surface area (Å²) in [7, 11) is 0. The van der Waals surface area contributed by atoms with E-state index in [1.54, 1.807) is 41.0 Å². The van der Waals surface area contributed by atoms with E-state index in [0.717, 1.165) is 17.0 Å². The van der Waals surface area contributed by atoms with Gasteiger partial charge in [-0.25, -0.2) is 5.43 Å². The zero-order chi connectivity index (χ0) is 16.4. The van der Waals surface area contributed by atoms with Gasteiger partial charge in [-0.1, -0.05) is 35.5 Å². The summed E-state index contributed by atoms with van der Waals surface area (Å²) in [5, 5.41) is 18.3. The lowest BCUT2D eigenvalue weighted by Crippen LogP contribution is -2.14. The fourth-order valence-corrected chi connectivity index (χ4v) is 3.06. The third kappa shape index (κ3) is 3.06. The van der Waals surface area contributed by atoms with Crippen molar-refractivity contribution in [2.75, 3.05) is 11.2 Å². The lowest BCUT2D eigenvalue weighted by atomic mass is 10.1. The number of hydrogen-bond acceptors (Lipinski definition) is 7. The molecule has 0 bridgehead atoms. The normalized spacial score (nSPS) is 13.8. The molecule has 0 saturated heterocycles. The molecule has 2 aromatic heterocycles. The average Bonchev–Trinajstić information content (AvgIpc) is 3.25. The molecule has 0 spiro atoms. The molecule has 7 nitrogen and oxygen atoms in total. The van der Waals surface area contributed by atoms with Gasteiger partial charge in [-0.3, -0.25) is 0 Å². The van der Waals surface area contributed by atoms with Gasteiger partial charge in [0.2, 0.25) is 5.16 Å². The minimum atomic E-state index is 0.437. The van der Waals surface area contributed by atoms with E-state index in [0.29, 0.717) is 21.9 Å². The molecule has 0 unspecified atom stereocenters. The minimum absolute atomic E-state index is 0.437. The van der Waals surface area contributed by atoms with E-state index >= 15 is 0 Å². The van der Waals surface area contributed by atoms with Crippen LogP contribution in [0.4, 0.5) is 5.95 Å². The molecule has 1 N–H and O–H groups in total. The van der Waals surface area contributed by atoms with Crippen LogP contribution in [0.3, 0.4) is 0 Å². The summed E-state index contributed by atoms with van der Waals surface area (Å²) in [4.78, 5) is 0. The maximum absolute atomic E-state index is 5.94. The second-order valence-corrected chi connectivity index (χ2v) is 6.22. The number of nitrogens with zero attached hydrogens (tertiary/aromatic N) is 5. The van der Waals surface area contributed by atoms with Gasteiger partial charge in [0.25, 0.3) is 5.95 Å². The van der Waals surface area contributed by atoms with Gasteiger partial charge in [0.15, 0.2) is 0 Å². The van der Waals surface area contributed by atoms with Crippen molar-refractivity contribution in [2.45, 2.75) is 5.16 Å². The van der Waals surface area contributed by atoms with Crippen molar-refractivity contribution in [3.8, 4) is 0 Å². The van der Waals surface area contributed by atoms with Crippen molar-refractivity contribution in [3.05, 3.63) is 59.0 Å². The number of aromatic nitrogens is 3. The monoisotopic (exact) mass is 358 g/mol. The Morgan fingerprint density at radius 3 is 2.92 bits per heavy atom. The van der Waals surface area contributed by atoms with Crippen LogP contribution in [0.2, 0.25) is 5.02 Å². The Morgan fingerprint density at radius 1 is 1.25 bits per heavy atom. The summed E-state index contributed by atoms with van der Waals surface area (Å²) in [5.41, 5.74) is 4.76. The molecule has 1 aliphatic rings. The molecule has 120 valence electrons. The average molecular weight is 359 g/mol. The highest BCUT2D eigenvalue weighted by Crippen LogP contribution is 2.26. The highest BCUT2D eigenvalue weighted by Gasteiger charge is 2.19. The van der Waals surface area contributed by atoms with E-state index in [9.17, 15) is 0 Å². The largest absolute Gasteiger partial charge is 0.463 e. The number of thioether (sulfide) groups is 1. The first kappa shape index (κ1) is 15.0. The van der Waals surface area contributed by atoms with Gasteiger partial charge >= 0.3 is 0 Å². The topological polar surface area (TPSA) is 80.6 Å². The van der Waals surface area contributed by atoms with Crippen LogP contribution in [0, 0.1) is 0 Å². The van der Waals surface area contributed by atoms with E-state index in [-0.39, 0.29) is 0 Å². The Kier molecular flexibility index (Phi) is 4.06. The maximum Gasteiger partial charge on any atom is 0.266 e. The zero-order valence-electron chi connectivity index (χ0n) is 12.3. The number of benzene rings is 1. The van der Waals surface area contributed by atoms with Crippen molar-refractivity contribution in [2.24, 2.45) is 10.2 Å². The van der Waals surface area contributed by atoms with Gasteiger partial charge in [0.05, 0.1) is 18.2 Å². The SMILES string of the molecule is Clc1ccc(C2=Nn3c(N/N=C/c4ccco4)nnc3SC2)cc1. The minimum Gasteiger partial charge on any atom is -0.463 e. The Morgan fingerprint density at radius 2 is 2.12 bits per heavy atom. The Bertz CT molecular complexity index is 901. The van der Waals surface area contributed by atoms with Crippen LogP contribution in [-0.4, -0.2) is 32.6 Å². The van der Waals surface area contributed by atoms with Crippen molar-refractivity contribution in [3.63, 3.8) is 0 Å². The number of fused-ring (bicyclic) bond motifs is 1. The second kappa shape index (κ2) is 6.50. The fraction of sp³-hybridized carbons (Fsp3) is 0.0667. The van der Waals surface area contributed by atoms with Crippen LogP contribution < -0.4 is 5.43 Å². The molecule has 0 fully saturated rings. The quantitative estimate of drug-likeness (QED) is 0.571. The van der Waals surface area contributed by atoms with Crippen molar-refractivity contribution >= 4 is 41.2 Å². The third-order valence-electron chi connectivity index (χ3n) is 3.25. The Hall–Kier alpha value is -2.58. The standard InChI is InChI=1S/C15H11ClN6OS/c16-11-5-3-10(4-6-11)13-9-24-15-20-19-14(22(15)21-13)18-17-8-12-2-1-7-23-12/h1-8H,9H2,(H,18,19)/b17-8+. The molecule has 0 aliphatic carbocycles. The molecular formula is C15H11ClN6OS. The second-order valence-electron chi connectivity index (χ2n) is 4.85. The summed E-state index contributed by atoms with van der Waals surface area (Å²) in [6.07, 6.45) is 3.14. The molecule has 3 heterocycles. The molecule has 1 aromatic carbocycles. The number of nitrogens with one attached hydrogen (secondary N) is 1. The first-order chi connectivity index (χ1) is 11.8. The van der Waals surface area contributed by atoms with Gasteiger partial charge in [-0.2, -0.15) is 14.9 Å². The number of anilines is 1. The molecule has 3 aromatic rings. The van der Waals surface area contributed by atoms with Crippen LogP contribution in [0.1, 0.15) is 11.3 Å². The predicted molar refractivity (Wildman–Crippen MR) is 94.1 cm³/mol. The molecule has 24 heavy (non-hydrogen) atoms. The van der Waals surface area contributed by atoms with Crippen LogP contribution in [0.15, 0.2) is 62.4 Å². The van der Waals surface area contributed by atoms with Crippen molar-refractivity contribution in [1.29, 1.82) is 0 Å². The van der Waals surface area contributed by atoms with Crippen LogP contribution in [-0.2, 0) is 0 Å². The van der Waals surface area contributed by atoms with Gasteiger partial charge in [0.1, 0.15) is 5.76 Å². The van der Waals surface area contributed by atoms with E-state index in [1.807, 2.05) is 24.3 Å². The van der Waals surface area contributed by atoms with E-state index in [4.69, 9.17) is 16.0 Å². The molecular weight excluding hydrogens is 348 g/mol. The number of rotatable bonds is 4.